The van der Waals surface area contributed by atoms with E-state index in [1.165, 1.54) is 38.1 Å². The Morgan fingerprint density at radius 3 is 1.44 bits per heavy atom. The molecule has 0 N–H and O–H groups in total. The first kappa shape index (κ1) is 30.3. The zero-order valence-electron chi connectivity index (χ0n) is 29.3. The van der Waals surface area contributed by atoms with Crippen LogP contribution in [0.15, 0.2) is 194 Å². The average Bonchev–Trinajstić information content (AvgIpc) is 3.77. The first-order valence-electron chi connectivity index (χ1n) is 18.3. The molecule has 0 radical (unpaired) electrons. The fraction of sp³-hybridized carbons (Fsp3) is 0. The molecule has 54 heavy (non-hydrogen) atoms. The second kappa shape index (κ2) is 12.1. The van der Waals surface area contributed by atoms with Crippen molar-refractivity contribution in [1.82, 2.24) is 19.1 Å². The Balaban J connectivity index is 1.22. The molecule has 3 aromatic heterocycles. The van der Waals surface area contributed by atoms with Gasteiger partial charge < -0.3 is 9.13 Å². The van der Waals surface area contributed by atoms with Crippen molar-refractivity contribution in [3.05, 3.63) is 194 Å². The van der Waals surface area contributed by atoms with Crippen molar-refractivity contribution in [3.63, 3.8) is 0 Å². The van der Waals surface area contributed by atoms with Crippen LogP contribution in [-0.4, -0.2) is 19.1 Å². The number of para-hydroxylation sites is 5. The van der Waals surface area contributed by atoms with Gasteiger partial charge in [0.15, 0.2) is 0 Å². The summed E-state index contributed by atoms with van der Waals surface area (Å²) in [5.41, 5.74) is 14.8. The number of hydrogen-bond acceptors (Lipinski definition) is 2. The van der Waals surface area contributed by atoms with E-state index in [-0.39, 0.29) is 0 Å². The molecule has 0 saturated heterocycles. The molecule has 0 spiro atoms. The summed E-state index contributed by atoms with van der Waals surface area (Å²) in [6, 6.07) is 68.9. The monoisotopic (exact) mass is 688 g/mol. The molecule has 0 fully saturated rings. The first-order valence-corrected chi connectivity index (χ1v) is 18.3. The number of fused-ring (bicyclic) bond motifs is 8. The summed E-state index contributed by atoms with van der Waals surface area (Å²) in [5, 5.41) is 4.98. The van der Waals surface area contributed by atoms with Gasteiger partial charge in [0.2, 0.25) is 0 Å². The van der Waals surface area contributed by atoms with Crippen LogP contribution in [-0.2, 0) is 0 Å². The van der Waals surface area contributed by atoms with Crippen molar-refractivity contribution < 1.29 is 0 Å². The van der Waals surface area contributed by atoms with E-state index in [1.807, 2.05) is 30.3 Å². The third-order valence-electron chi connectivity index (χ3n) is 10.7. The zero-order valence-corrected chi connectivity index (χ0v) is 29.3. The van der Waals surface area contributed by atoms with E-state index in [0.29, 0.717) is 0 Å². The van der Waals surface area contributed by atoms with Crippen molar-refractivity contribution in [1.29, 1.82) is 0 Å². The molecule has 0 amide bonds. The number of aromatic nitrogens is 4. The molecule has 0 aliphatic rings. The highest BCUT2D eigenvalue weighted by Gasteiger charge is 2.23. The second-order valence-corrected chi connectivity index (χ2v) is 13.8. The summed E-state index contributed by atoms with van der Waals surface area (Å²) in [6.07, 6.45) is 0. The zero-order chi connectivity index (χ0) is 35.6. The summed E-state index contributed by atoms with van der Waals surface area (Å²) < 4.78 is 4.85. The molecule has 11 rings (SSSR count). The molecule has 8 aromatic carbocycles. The minimum atomic E-state index is 0.862. The predicted molar refractivity (Wildman–Crippen MR) is 225 cm³/mol. The van der Waals surface area contributed by atoms with Gasteiger partial charge in [-0.05, 0) is 66.2 Å². The Labute approximate surface area is 311 Å². The van der Waals surface area contributed by atoms with Gasteiger partial charge in [-0.25, -0.2) is 9.97 Å². The van der Waals surface area contributed by atoms with Crippen LogP contribution < -0.4 is 0 Å². The highest BCUT2D eigenvalue weighted by molar-refractivity contribution is 6.29. The summed E-state index contributed by atoms with van der Waals surface area (Å²) >= 11 is 0. The lowest BCUT2D eigenvalue weighted by atomic mass is 9.97. The van der Waals surface area contributed by atoms with Gasteiger partial charge in [0, 0.05) is 43.9 Å². The van der Waals surface area contributed by atoms with E-state index in [1.54, 1.807) is 0 Å². The van der Waals surface area contributed by atoms with Crippen molar-refractivity contribution in [3.8, 4) is 45.0 Å². The molecule has 0 atom stereocenters. The molecule has 0 aliphatic carbocycles. The van der Waals surface area contributed by atoms with Crippen molar-refractivity contribution in [2.75, 3.05) is 0 Å². The molecule has 0 aliphatic heterocycles. The van der Waals surface area contributed by atoms with Crippen LogP contribution >= 0.6 is 0 Å². The molecule has 252 valence electrons. The van der Waals surface area contributed by atoms with E-state index in [0.717, 1.165) is 61.6 Å². The average molecular weight is 689 g/mol. The van der Waals surface area contributed by atoms with Gasteiger partial charge in [-0.3, -0.25) is 0 Å². The highest BCUT2D eigenvalue weighted by Crippen LogP contribution is 2.44. The summed E-state index contributed by atoms with van der Waals surface area (Å²) in [4.78, 5) is 10.5. The van der Waals surface area contributed by atoms with E-state index in [4.69, 9.17) is 9.97 Å². The Bertz CT molecular complexity index is 3200. The quantitative estimate of drug-likeness (QED) is 0.180. The third kappa shape index (κ3) is 4.64. The number of hydrogen-bond donors (Lipinski definition) is 0. The van der Waals surface area contributed by atoms with Crippen LogP contribution in [0.4, 0.5) is 0 Å². The Hall–Kier alpha value is -7.30. The standard InChI is InChI=1S/C50H32N4/c1-4-16-33(17-5-1)39-32-35(50-49(34-18-6-2-7-19-34)51-40-24-12-13-25-41(40)52-50)28-29-44(39)54-43-27-15-11-23-38(43)48-46(54)31-30-45-47(48)37-22-10-14-26-42(37)53(45)36-20-8-3-9-21-36/h1-32H. The molecular weight excluding hydrogens is 657 g/mol. The number of nitrogens with zero attached hydrogens (tertiary/aromatic N) is 4. The molecule has 3 heterocycles. The Kier molecular flexibility index (Phi) is 6.82. The molecule has 0 unspecified atom stereocenters. The van der Waals surface area contributed by atoms with Crippen LogP contribution in [0.3, 0.4) is 0 Å². The van der Waals surface area contributed by atoms with Gasteiger partial charge in [0.05, 0.1) is 50.2 Å². The molecule has 0 saturated carbocycles. The second-order valence-electron chi connectivity index (χ2n) is 13.8. The van der Waals surface area contributed by atoms with E-state index >= 15 is 0 Å². The van der Waals surface area contributed by atoms with Gasteiger partial charge in [-0.1, -0.05) is 133 Å². The Morgan fingerprint density at radius 2 is 0.815 bits per heavy atom. The maximum absolute atomic E-state index is 5.27. The summed E-state index contributed by atoms with van der Waals surface area (Å²) in [5.74, 6) is 0. The maximum Gasteiger partial charge on any atom is 0.0973 e. The lowest BCUT2D eigenvalue weighted by molar-refractivity contribution is 1.17. The van der Waals surface area contributed by atoms with Crippen LogP contribution in [0.1, 0.15) is 0 Å². The minimum absolute atomic E-state index is 0.862. The largest absolute Gasteiger partial charge is 0.309 e. The lowest BCUT2D eigenvalue weighted by Crippen LogP contribution is -2.00. The smallest absolute Gasteiger partial charge is 0.0973 e. The van der Waals surface area contributed by atoms with Crippen molar-refractivity contribution in [2.45, 2.75) is 0 Å². The minimum Gasteiger partial charge on any atom is -0.309 e. The van der Waals surface area contributed by atoms with Crippen molar-refractivity contribution >= 4 is 54.6 Å². The van der Waals surface area contributed by atoms with E-state index in [9.17, 15) is 0 Å². The third-order valence-corrected chi connectivity index (χ3v) is 10.7. The van der Waals surface area contributed by atoms with Crippen LogP contribution in [0, 0.1) is 0 Å². The number of rotatable bonds is 5. The molecule has 4 nitrogen and oxygen atoms in total. The van der Waals surface area contributed by atoms with Gasteiger partial charge in [-0.15, -0.1) is 0 Å². The van der Waals surface area contributed by atoms with Crippen LogP contribution in [0.25, 0.3) is 99.7 Å². The Morgan fingerprint density at radius 1 is 0.333 bits per heavy atom. The summed E-state index contributed by atoms with van der Waals surface area (Å²) in [6.45, 7) is 0. The van der Waals surface area contributed by atoms with Gasteiger partial charge in [0.25, 0.3) is 0 Å². The van der Waals surface area contributed by atoms with E-state index in [2.05, 4.69) is 173 Å². The van der Waals surface area contributed by atoms with Gasteiger partial charge in [0.1, 0.15) is 0 Å². The molecule has 11 aromatic rings. The fourth-order valence-electron chi connectivity index (χ4n) is 8.36. The topological polar surface area (TPSA) is 35.6 Å². The molecule has 4 heteroatoms. The van der Waals surface area contributed by atoms with Gasteiger partial charge >= 0.3 is 0 Å². The SMILES string of the molecule is c1ccc(-c2cc(-c3nc4ccccc4nc3-c3ccccc3)ccc2-n2c3ccccc3c3c4c5ccccc5n(-c5ccccc5)c4ccc32)cc1. The lowest BCUT2D eigenvalue weighted by Gasteiger charge is -2.17. The molecule has 0 bridgehead atoms. The van der Waals surface area contributed by atoms with Gasteiger partial charge in [-0.2, -0.15) is 0 Å². The number of benzene rings is 8. The molecular formula is C50H32N4. The van der Waals surface area contributed by atoms with E-state index < -0.39 is 0 Å². The fourth-order valence-corrected chi connectivity index (χ4v) is 8.36. The first-order chi connectivity index (χ1) is 26.8. The maximum atomic E-state index is 5.27. The van der Waals surface area contributed by atoms with Crippen molar-refractivity contribution in [2.24, 2.45) is 0 Å². The predicted octanol–water partition coefficient (Wildman–Crippen LogP) is 12.8. The highest BCUT2D eigenvalue weighted by atomic mass is 15.0. The summed E-state index contributed by atoms with van der Waals surface area (Å²) in [7, 11) is 0. The van der Waals surface area contributed by atoms with Crippen LogP contribution in [0.5, 0.6) is 0 Å². The normalized spacial score (nSPS) is 11.7. The van der Waals surface area contributed by atoms with Crippen LogP contribution in [0.2, 0.25) is 0 Å².